The smallest absolute Gasteiger partial charge is 0.244 e. The maximum Gasteiger partial charge on any atom is 0.244 e. The van der Waals surface area contributed by atoms with Crippen LogP contribution < -0.4 is 4.72 Å². The quantitative estimate of drug-likeness (QED) is 0.887. The van der Waals surface area contributed by atoms with Crippen molar-refractivity contribution in [3.63, 3.8) is 0 Å². The van der Waals surface area contributed by atoms with Gasteiger partial charge in [0.25, 0.3) is 0 Å². The topological polar surface area (TPSA) is 64.0 Å². The molecule has 0 amide bonds. The third-order valence-electron chi connectivity index (χ3n) is 7.01. The minimum Gasteiger partial charge on any atom is -0.272 e. The number of nitrogens with one attached hydrogen (secondary N) is 1. The highest BCUT2D eigenvalue weighted by atomic mass is 32.2. The van der Waals surface area contributed by atoms with Gasteiger partial charge in [0.2, 0.25) is 10.0 Å². The van der Waals surface area contributed by atoms with Gasteiger partial charge in [0.15, 0.2) is 0 Å². The standard InChI is InChI=1S/C18H29N3O2S/c1-4-17(20-24(22,23)16-11-19-21(3)12(16)2)18-8-13-5-14(9-18)7-15(6-13)10-18/h11,13-15,17,20H,4-10H2,1-3H3. The lowest BCUT2D eigenvalue weighted by Gasteiger charge is -2.59. The Kier molecular flexibility index (Phi) is 3.84. The molecule has 1 N–H and O–H groups in total. The molecule has 1 unspecified atom stereocenters. The molecule has 5 rings (SSSR count). The fourth-order valence-electron chi connectivity index (χ4n) is 6.24. The minimum atomic E-state index is -3.51. The lowest BCUT2D eigenvalue weighted by molar-refractivity contribution is -0.0704. The highest BCUT2D eigenvalue weighted by Gasteiger charge is 2.54. The summed E-state index contributed by atoms with van der Waals surface area (Å²) in [4.78, 5) is 0.327. The zero-order valence-corrected chi connectivity index (χ0v) is 15.8. The van der Waals surface area contributed by atoms with Crippen molar-refractivity contribution in [3.8, 4) is 0 Å². The summed E-state index contributed by atoms with van der Waals surface area (Å²) in [5, 5.41) is 4.11. The molecule has 0 aliphatic heterocycles. The maximum atomic E-state index is 13.0. The van der Waals surface area contributed by atoms with E-state index in [4.69, 9.17) is 0 Å². The molecule has 6 heteroatoms. The molecule has 4 aliphatic carbocycles. The van der Waals surface area contributed by atoms with Crippen molar-refractivity contribution in [2.24, 2.45) is 30.2 Å². The summed E-state index contributed by atoms with van der Waals surface area (Å²) in [6.07, 6.45) is 10.1. The molecule has 24 heavy (non-hydrogen) atoms. The van der Waals surface area contributed by atoms with Crippen LogP contribution in [0.25, 0.3) is 0 Å². The van der Waals surface area contributed by atoms with Gasteiger partial charge in [-0.05, 0) is 75.0 Å². The molecule has 5 nitrogen and oxygen atoms in total. The molecule has 0 radical (unpaired) electrons. The molecular weight excluding hydrogens is 322 g/mol. The first-order valence-corrected chi connectivity index (χ1v) is 10.8. The number of rotatable bonds is 5. The van der Waals surface area contributed by atoms with Crippen LogP contribution in [0.1, 0.15) is 57.6 Å². The molecule has 0 aromatic carbocycles. The zero-order valence-electron chi connectivity index (χ0n) is 15.0. The van der Waals surface area contributed by atoms with Crippen LogP contribution in [0, 0.1) is 30.1 Å². The minimum absolute atomic E-state index is 0.0514. The van der Waals surface area contributed by atoms with Crippen LogP contribution in [0.15, 0.2) is 11.1 Å². The van der Waals surface area contributed by atoms with E-state index >= 15 is 0 Å². The highest BCUT2D eigenvalue weighted by Crippen LogP contribution is 2.61. The molecule has 4 aliphatic rings. The van der Waals surface area contributed by atoms with Crippen LogP contribution >= 0.6 is 0 Å². The number of hydrogen-bond acceptors (Lipinski definition) is 3. The van der Waals surface area contributed by atoms with Gasteiger partial charge < -0.3 is 0 Å². The third kappa shape index (κ3) is 2.53. The van der Waals surface area contributed by atoms with Crippen molar-refractivity contribution in [2.75, 3.05) is 0 Å². The van der Waals surface area contributed by atoms with E-state index in [1.165, 1.54) is 44.7 Å². The summed E-state index contributed by atoms with van der Waals surface area (Å²) in [7, 11) is -1.73. The number of sulfonamides is 1. The fraction of sp³-hybridized carbons (Fsp3) is 0.833. The monoisotopic (exact) mass is 351 g/mol. The summed E-state index contributed by atoms with van der Waals surface area (Å²) in [5.41, 5.74) is 0.884. The molecule has 4 bridgehead atoms. The van der Waals surface area contributed by atoms with Crippen LogP contribution in [-0.4, -0.2) is 24.2 Å². The van der Waals surface area contributed by atoms with E-state index in [1.54, 1.807) is 11.7 Å². The van der Waals surface area contributed by atoms with E-state index in [0.717, 1.165) is 24.2 Å². The normalized spacial score (nSPS) is 36.2. The Labute approximate surface area is 145 Å². The predicted octanol–water partition coefficient (Wildman–Crippen LogP) is 3.00. The second-order valence-corrected chi connectivity index (χ2v) is 10.3. The van der Waals surface area contributed by atoms with Gasteiger partial charge in [-0.3, -0.25) is 4.68 Å². The molecular formula is C18H29N3O2S. The fourth-order valence-corrected chi connectivity index (χ4v) is 7.86. The second kappa shape index (κ2) is 5.56. The van der Waals surface area contributed by atoms with E-state index < -0.39 is 10.0 Å². The summed E-state index contributed by atoms with van der Waals surface area (Å²) < 4.78 is 30.6. The van der Waals surface area contributed by atoms with E-state index in [1.807, 2.05) is 6.92 Å². The van der Waals surface area contributed by atoms with Crippen LogP contribution in [0.2, 0.25) is 0 Å². The Balaban J connectivity index is 1.61. The van der Waals surface area contributed by atoms with Gasteiger partial charge in [0, 0.05) is 13.1 Å². The highest BCUT2D eigenvalue weighted by molar-refractivity contribution is 7.89. The van der Waals surface area contributed by atoms with Crippen molar-refractivity contribution in [2.45, 2.75) is 69.7 Å². The van der Waals surface area contributed by atoms with Crippen LogP contribution in [0.3, 0.4) is 0 Å². The second-order valence-electron chi connectivity index (χ2n) is 8.58. The van der Waals surface area contributed by atoms with Gasteiger partial charge in [0.1, 0.15) is 4.90 Å². The molecule has 0 saturated heterocycles. The summed E-state index contributed by atoms with van der Waals surface area (Å²) in [5.74, 6) is 2.49. The van der Waals surface area contributed by atoms with Crippen LogP contribution in [-0.2, 0) is 17.1 Å². The van der Waals surface area contributed by atoms with Crippen LogP contribution in [0.4, 0.5) is 0 Å². The zero-order chi connectivity index (χ0) is 17.1. The third-order valence-corrected chi connectivity index (χ3v) is 8.58. The Morgan fingerprint density at radius 3 is 2.21 bits per heavy atom. The van der Waals surface area contributed by atoms with Crippen molar-refractivity contribution < 1.29 is 8.42 Å². The Morgan fingerprint density at radius 1 is 1.25 bits per heavy atom. The number of hydrogen-bond donors (Lipinski definition) is 1. The maximum absolute atomic E-state index is 13.0. The number of aryl methyl sites for hydroxylation is 1. The number of aromatic nitrogens is 2. The van der Waals surface area contributed by atoms with E-state index in [-0.39, 0.29) is 11.5 Å². The van der Waals surface area contributed by atoms with E-state index in [0.29, 0.717) is 10.6 Å². The first kappa shape index (κ1) is 16.6. The molecule has 1 heterocycles. The van der Waals surface area contributed by atoms with Gasteiger partial charge in [-0.2, -0.15) is 5.10 Å². The molecule has 0 spiro atoms. The van der Waals surface area contributed by atoms with Crippen molar-refractivity contribution in [1.82, 2.24) is 14.5 Å². The lowest BCUT2D eigenvalue weighted by Crippen LogP contribution is -2.56. The summed E-state index contributed by atoms with van der Waals surface area (Å²) in [6.45, 7) is 3.94. The van der Waals surface area contributed by atoms with Gasteiger partial charge in [0.05, 0.1) is 11.9 Å². The van der Waals surface area contributed by atoms with Crippen molar-refractivity contribution in [3.05, 3.63) is 11.9 Å². The summed E-state index contributed by atoms with van der Waals surface area (Å²) in [6, 6.07) is 0.0514. The van der Waals surface area contributed by atoms with Crippen molar-refractivity contribution >= 4 is 10.0 Å². The van der Waals surface area contributed by atoms with Gasteiger partial charge in [-0.15, -0.1) is 0 Å². The molecule has 1 aromatic rings. The first-order chi connectivity index (χ1) is 11.3. The van der Waals surface area contributed by atoms with E-state index in [2.05, 4.69) is 16.7 Å². The van der Waals surface area contributed by atoms with Crippen LogP contribution in [0.5, 0.6) is 0 Å². The molecule has 1 aromatic heterocycles. The average molecular weight is 352 g/mol. The van der Waals surface area contributed by atoms with Gasteiger partial charge >= 0.3 is 0 Å². The Bertz CT molecular complexity index is 702. The van der Waals surface area contributed by atoms with Gasteiger partial charge in [-0.1, -0.05) is 6.92 Å². The molecule has 1 atom stereocenters. The Morgan fingerprint density at radius 2 is 1.79 bits per heavy atom. The molecule has 4 fully saturated rings. The number of nitrogens with zero attached hydrogens (tertiary/aromatic N) is 2. The largest absolute Gasteiger partial charge is 0.272 e. The summed E-state index contributed by atoms with van der Waals surface area (Å²) >= 11 is 0. The molecule has 134 valence electrons. The SMILES string of the molecule is CCC(NS(=O)(=O)c1cnn(C)c1C)C12CC3CC(CC(C3)C1)C2. The van der Waals surface area contributed by atoms with Crippen molar-refractivity contribution in [1.29, 1.82) is 0 Å². The average Bonchev–Trinajstić information content (AvgIpc) is 2.84. The first-order valence-electron chi connectivity index (χ1n) is 9.34. The van der Waals surface area contributed by atoms with Gasteiger partial charge in [-0.25, -0.2) is 13.1 Å². The predicted molar refractivity (Wildman–Crippen MR) is 93.0 cm³/mol. The Hall–Kier alpha value is -0.880. The molecule has 4 saturated carbocycles. The lowest BCUT2D eigenvalue weighted by atomic mass is 9.47. The van der Waals surface area contributed by atoms with E-state index in [9.17, 15) is 8.42 Å².